The van der Waals surface area contributed by atoms with Crippen molar-refractivity contribution in [2.45, 2.75) is 51.2 Å². The van der Waals surface area contributed by atoms with Crippen molar-refractivity contribution in [1.29, 1.82) is 0 Å². The Labute approximate surface area is 108 Å². The van der Waals surface area contributed by atoms with Gasteiger partial charge in [-0.25, -0.2) is 4.98 Å². The minimum Gasteiger partial charge on any atom is -0.337 e. The summed E-state index contributed by atoms with van der Waals surface area (Å²) in [5.41, 5.74) is 5.94. The van der Waals surface area contributed by atoms with Crippen LogP contribution in [0.1, 0.15) is 38.4 Å². The molecule has 100 valence electrons. The van der Waals surface area contributed by atoms with E-state index in [1.165, 1.54) is 0 Å². The topological polar surface area (TPSA) is 64.2 Å². The maximum atomic E-state index is 12.3. The highest BCUT2D eigenvalue weighted by Crippen LogP contribution is 2.28. The smallest absolute Gasteiger partial charge is 0.240 e. The molecule has 0 radical (unpaired) electrons. The van der Waals surface area contributed by atoms with Crippen LogP contribution in [0.25, 0.3) is 0 Å². The molecule has 18 heavy (non-hydrogen) atoms. The summed E-state index contributed by atoms with van der Waals surface area (Å²) in [6.07, 6.45) is 7.54. The number of nitrogens with two attached hydrogens (primary N) is 1. The summed E-state index contributed by atoms with van der Waals surface area (Å²) in [6.45, 7) is 2.62. The van der Waals surface area contributed by atoms with E-state index in [1.54, 1.807) is 6.20 Å². The van der Waals surface area contributed by atoms with E-state index in [-0.39, 0.29) is 11.9 Å². The first-order valence-corrected chi connectivity index (χ1v) is 6.65. The first-order chi connectivity index (χ1) is 8.63. The highest BCUT2D eigenvalue weighted by molar-refractivity contribution is 5.82. The third-order valence-corrected chi connectivity index (χ3v) is 3.42. The maximum Gasteiger partial charge on any atom is 0.240 e. The first-order valence-electron chi connectivity index (χ1n) is 6.65. The summed E-state index contributed by atoms with van der Waals surface area (Å²) in [4.78, 5) is 18.5. The van der Waals surface area contributed by atoms with Crippen molar-refractivity contribution in [3.8, 4) is 0 Å². The van der Waals surface area contributed by atoms with Crippen LogP contribution in [0.5, 0.6) is 0 Å². The molecule has 0 bridgehead atoms. The normalized spacial score (nSPS) is 16.6. The van der Waals surface area contributed by atoms with Gasteiger partial charge in [0.15, 0.2) is 0 Å². The van der Waals surface area contributed by atoms with E-state index in [1.807, 2.05) is 29.6 Å². The van der Waals surface area contributed by atoms with Gasteiger partial charge in [0.1, 0.15) is 5.82 Å². The fourth-order valence-corrected chi connectivity index (χ4v) is 2.12. The van der Waals surface area contributed by atoms with E-state index in [0.717, 1.165) is 31.5 Å². The van der Waals surface area contributed by atoms with Gasteiger partial charge in [0.2, 0.25) is 5.91 Å². The van der Waals surface area contributed by atoms with Gasteiger partial charge >= 0.3 is 0 Å². The number of imidazole rings is 1. The fraction of sp³-hybridized carbons (Fsp3) is 0.692. The quantitative estimate of drug-likeness (QED) is 0.820. The third kappa shape index (κ3) is 2.90. The number of hydrogen-bond donors (Lipinski definition) is 1. The summed E-state index contributed by atoms with van der Waals surface area (Å²) >= 11 is 0. The second-order valence-corrected chi connectivity index (χ2v) is 5.05. The van der Waals surface area contributed by atoms with E-state index in [2.05, 4.69) is 4.98 Å². The summed E-state index contributed by atoms with van der Waals surface area (Å²) in [7, 11) is 1.95. The van der Waals surface area contributed by atoms with Gasteiger partial charge in [0.05, 0.1) is 12.6 Å². The molecule has 0 aliphatic heterocycles. The number of carbonyl (C=O) groups is 1. The van der Waals surface area contributed by atoms with E-state index < -0.39 is 0 Å². The van der Waals surface area contributed by atoms with Gasteiger partial charge in [-0.05, 0) is 19.3 Å². The Morgan fingerprint density at radius 2 is 2.39 bits per heavy atom. The van der Waals surface area contributed by atoms with Crippen molar-refractivity contribution in [3.05, 3.63) is 18.2 Å². The van der Waals surface area contributed by atoms with Gasteiger partial charge < -0.3 is 15.2 Å². The predicted octanol–water partition coefficient (Wildman–Crippen LogP) is 1.04. The zero-order valence-electron chi connectivity index (χ0n) is 11.2. The van der Waals surface area contributed by atoms with Crippen molar-refractivity contribution < 1.29 is 4.79 Å². The molecule has 0 spiro atoms. The van der Waals surface area contributed by atoms with Gasteiger partial charge in [-0.15, -0.1) is 0 Å². The molecule has 1 aliphatic carbocycles. The van der Waals surface area contributed by atoms with Gasteiger partial charge in [-0.1, -0.05) is 13.3 Å². The fourth-order valence-electron chi connectivity index (χ4n) is 2.12. The number of carbonyl (C=O) groups excluding carboxylic acids is 1. The number of hydrogen-bond acceptors (Lipinski definition) is 3. The van der Waals surface area contributed by atoms with Crippen molar-refractivity contribution in [1.82, 2.24) is 14.5 Å². The number of aromatic nitrogens is 2. The molecule has 1 aromatic rings. The van der Waals surface area contributed by atoms with Crippen molar-refractivity contribution in [2.75, 3.05) is 0 Å². The Balaban J connectivity index is 2.04. The lowest BCUT2D eigenvalue weighted by Crippen LogP contribution is -2.44. The molecule has 5 heteroatoms. The summed E-state index contributed by atoms with van der Waals surface area (Å²) in [5.74, 6) is 0.987. The monoisotopic (exact) mass is 250 g/mol. The Morgan fingerprint density at radius 3 is 2.89 bits per heavy atom. The molecule has 2 N–H and O–H groups in total. The standard InChI is InChI=1S/C13H22N4O/c1-3-4-11(14)13(18)17(10-5-6-10)9-12-15-7-8-16(12)2/h7-8,10-11H,3-6,9,14H2,1-2H3/t11-/m0/s1. The maximum absolute atomic E-state index is 12.3. The van der Waals surface area contributed by atoms with Crippen LogP contribution in [0.2, 0.25) is 0 Å². The van der Waals surface area contributed by atoms with Gasteiger partial charge in [0, 0.05) is 25.5 Å². The molecule has 0 unspecified atom stereocenters. The van der Waals surface area contributed by atoms with Crippen LogP contribution in [-0.4, -0.2) is 32.4 Å². The van der Waals surface area contributed by atoms with Crippen LogP contribution in [0.4, 0.5) is 0 Å². The average molecular weight is 250 g/mol. The largest absolute Gasteiger partial charge is 0.337 e. The molecule has 5 nitrogen and oxygen atoms in total. The van der Waals surface area contributed by atoms with Crippen LogP contribution < -0.4 is 5.73 Å². The number of rotatable bonds is 6. The predicted molar refractivity (Wildman–Crippen MR) is 69.7 cm³/mol. The second-order valence-electron chi connectivity index (χ2n) is 5.05. The SMILES string of the molecule is CCC[C@H](N)C(=O)N(Cc1nccn1C)C1CC1. The molecule has 0 aromatic carbocycles. The Bertz CT molecular complexity index is 411. The van der Waals surface area contributed by atoms with Gasteiger partial charge in [0.25, 0.3) is 0 Å². The molecule has 1 amide bonds. The Kier molecular flexibility index (Phi) is 4.01. The highest BCUT2D eigenvalue weighted by atomic mass is 16.2. The Morgan fingerprint density at radius 1 is 1.67 bits per heavy atom. The van der Waals surface area contributed by atoms with E-state index >= 15 is 0 Å². The molecule has 1 aliphatic rings. The summed E-state index contributed by atoms with van der Waals surface area (Å²) < 4.78 is 1.95. The van der Waals surface area contributed by atoms with Crippen LogP contribution in [-0.2, 0) is 18.4 Å². The van der Waals surface area contributed by atoms with Crippen LogP contribution in [0.3, 0.4) is 0 Å². The van der Waals surface area contributed by atoms with Crippen molar-refractivity contribution in [3.63, 3.8) is 0 Å². The molecule has 1 atom stereocenters. The zero-order chi connectivity index (χ0) is 13.1. The first kappa shape index (κ1) is 13.1. The van der Waals surface area contributed by atoms with Crippen molar-refractivity contribution in [2.24, 2.45) is 12.8 Å². The van der Waals surface area contributed by atoms with Gasteiger partial charge in [-0.2, -0.15) is 0 Å². The average Bonchev–Trinajstić information content (AvgIpc) is 3.10. The molecule has 2 rings (SSSR count). The Hall–Kier alpha value is -1.36. The van der Waals surface area contributed by atoms with Gasteiger partial charge in [-0.3, -0.25) is 4.79 Å². The van der Waals surface area contributed by atoms with Crippen LogP contribution >= 0.6 is 0 Å². The second kappa shape index (κ2) is 5.52. The third-order valence-electron chi connectivity index (χ3n) is 3.42. The lowest BCUT2D eigenvalue weighted by atomic mass is 10.1. The minimum absolute atomic E-state index is 0.0716. The van der Waals surface area contributed by atoms with E-state index in [4.69, 9.17) is 5.73 Å². The minimum atomic E-state index is -0.365. The lowest BCUT2D eigenvalue weighted by Gasteiger charge is -2.25. The van der Waals surface area contributed by atoms with Crippen LogP contribution in [0, 0.1) is 0 Å². The molecule has 1 fully saturated rings. The zero-order valence-corrected chi connectivity index (χ0v) is 11.2. The molecular weight excluding hydrogens is 228 g/mol. The van der Waals surface area contributed by atoms with E-state index in [0.29, 0.717) is 12.6 Å². The summed E-state index contributed by atoms with van der Waals surface area (Å²) in [6, 6.07) is 0.00738. The number of amides is 1. The number of aryl methyl sites for hydroxylation is 1. The number of nitrogens with zero attached hydrogens (tertiary/aromatic N) is 3. The molecule has 0 saturated heterocycles. The van der Waals surface area contributed by atoms with Crippen LogP contribution in [0.15, 0.2) is 12.4 Å². The molecule has 1 heterocycles. The molecule has 1 saturated carbocycles. The highest BCUT2D eigenvalue weighted by Gasteiger charge is 2.35. The lowest BCUT2D eigenvalue weighted by molar-refractivity contribution is -0.134. The van der Waals surface area contributed by atoms with E-state index in [9.17, 15) is 4.79 Å². The molecule has 1 aromatic heterocycles. The van der Waals surface area contributed by atoms with Crippen molar-refractivity contribution >= 4 is 5.91 Å². The molecular formula is C13H22N4O. The summed E-state index contributed by atoms with van der Waals surface area (Å²) in [5, 5.41) is 0.